The first-order chi connectivity index (χ1) is 7.29. The highest BCUT2D eigenvalue weighted by Gasteiger charge is 2.27. The lowest BCUT2D eigenvalue weighted by molar-refractivity contribution is 0.0433. The molecule has 2 N–H and O–H groups in total. The van der Waals surface area contributed by atoms with Crippen LogP contribution in [-0.2, 0) is 4.74 Å². The summed E-state index contributed by atoms with van der Waals surface area (Å²) >= 11 is 0. The fourth-order valence-corrected chi connectivity index (χ4v) is 2.49. The molecule has 0 aliphatic carbocycles. The second-order valence-corrected chi connectivity index (χ2v) is 5.27. The van der Waals surface area contributed by atoms with Crippen molar-refractivity contribution in [1.82, 2.24) is 10.6 Å². The van der Waals surface area contributed by atoms with E-state index >= 15 is 0 Å². The van der Waals surface area contributed by atoms with Gasteiger partial charge in [0, 0.05) is 18.8 Å². The second kappa shape index (κ2) is 6.80. The van der Waals surface area contributed by atoms with E-state index < -0.39 is 0 Å². The summed E-state index contributed by atoms with van der Waals surface area (Å²) in [6, 6.07) is 0. The summed E-state index contributed by atoms with van der Waals surface area (Å²) in [5, 5.41) is 7.22. The molecule has 0 aromatic rings. The lowest BCUT2D eigenvalue weighted by atomic mass is 9.91. The Labute approximate surface area is 105 Å². The lowest BCUT2D eigenvalue weighted by Crippen LogP contribution is -2.50. The monoisotopic (exact) mass is 248 g/mol. The smallest absolute Gasteiger partial charge is 0.0483 e. The summed E-state index contributed by atoms with van der Waals surface area (Å²) in [5.41, 5.74) is 0.329. The van der Waals surface area contributed by atoms with E-state index in [0.29, 0.717) is 5.54 Å². The van der Waals surface area contributed by atoms with Crippen LogP contribution in [0.5, 0.6) is 0 Å². The van der Waals surface area contributed by atoms with Gasteiger partial charge in [0.25, 0.3) is 0 Å². The zero-order valence-corrected chi connectivity index (χ0v) is 11.1. The summed E-state index contributed by atoms with van der Waals surface area (Å²) in [5.74, 6) is 0.832. The maximum Gasteiger partial charge on any atom is 0.0483 e. The van der Waals surface area contributed by atoms with Crippen molar-refractivity contribution < 1.29 is 4.74 Å². The number of halogens is 1. The van der Waals surface area contributed by atoms with Crippen LogP contribution in [0.25, 0.3) is 0 Å². The van der Waals surface area contributed by atoms with Crippen molar-refractivity contribution in [1.29, 1.82) is 0 Å². The van der Waals surface area contributed by atoms with E-state index in [9.17, 15) is 0 Å². The highest BCUT2D eigenvalue weighted by Crippen LogP contribution is 2.20. The van der Waals surface area contributed by atoms with Gasteiger partial charge >= 0.3 is 0 Å². The Hall–Kier alpha value is 0.170. The Morgan fingerprint density at radius 2 is 2.12 bits per heavy atom. The fourth-order valence-electron chi connectivity index (χ4n) is 2.49. The Bertz CT molecular complexity index is 189. The first-order valence-electron chi connectivity index (χ1n) is 6.32. The van der Waals surface area contributed by atoms with Crippen molar-refractivity contribution in [2.75, 3.05) is 32.8 Å². The van der Waals surface area contributed by atoms with Crippen molar-refractivity contribution in [2.24, 2.45) is 5.92 Å². The zero-order valence-electron chi connectivity index (χ0n) is 10.3. The maximum atomic E-state index is 5.40. The minimum absolute atomic E-state index is 0. The number of rotatable bonds is 3. The number of ether oxygens (including phenoxy) is 1. The lowest BCUT2D eigenvalue weighted by Gasteiger charge is -2.36. The minimum atomic E-state index is 0. The molecule has 16 heavy (non-hydrogen) atoms. The molecule has 0 aromatic carbocycles. The molecule has 1 atom stereocenters. The molecule has 2 saturated heterocycles. The van der Waals surface area contributed by atoms with E-state index in [-0.39, 0.29) is 12.4 Å². The van der Waals surface area contributed by atoms with Gasteiger partial charge in [-0.15, -0.1) is 12.4 Å². The van der Waals surface area contributed by atoms with Gasteiger partial charge in [0.2, 0.25) is 0 Å². The Balaban J connectivity index is 0.00000128. The van der Waals surface area contributed by atoms with E-state index in [0.717, 1.165) is 32.0 Å². The quantitative estimate of drug-likeness (QED) is 0.796. The average molecular weight is 249 g/mol. The number of piperidine rings is 1. The Kier molecular flexibility index (Phi) is 6.05. The van der Waals surface area contributed by atoms with Gasteiger partial charge in [-0.05, 0) is 58.2 Å². The molecule has 0 radical (unpaired) electrons. The topological polar surface area (TPSA) is 33.3 Å². The van der Waals surface area contributed by atoms with Gasteiger partial charge in [0.1, 0.15) is 0 Å². The molecule has 0 amide bonds. The molecule has 0 bridgehead atoms. The summed E-state index contributed by atoms with van der Waals surface area (Å²) < 4.78 is 5.40. The molecule has 2 rings (SSSR count). The summed E-state index contributed by atoms with van der Waals surface area (Å²) in [6.07, 6.45) is 5.04. The predicted octanol–water partition coefficient (Wildman–Crippen LogP) is 1.57. The van der Waals surface area contributed by atoms with Gasteiger partial charge in [-0.2, -0.15) is 0 Å². The molecular weight excluding hydrogens is 224 g/mol. The average Bonchev–Trinajstić information content (AvgIpc) is 2.29. The third-order valence-electron chi connectivity index (χ3n) is 3.81. The van der Waals surface area contributed by atoms with Gasteiger partial charge in [-0.3, -0.25) is 0 Å². The zero-order chi connectivity index (χ0) is 10.6. The molecule has 2 fully saturated rings. The highest BCUT2D eigenvalue weighted by atomic mass is 35.5. The van der Waals surface area contributed by atoms with Crippen LogP contribution in [0.2, 0.25) is 0 Å². The van der Waals surface area contributed by atoms with Crippen molar-refractivity contribution in [3.8, 4) is 0 Å². The van der Waals surface area contributed by atoms with E-state index in [1.807, 2.05) is 0 Å². The second-order valence-electron chi connectivity index (χ2n) is 5.27. The molecule has 1 unspecified atom stereocenters. The van der Waals surface area contributed by atoms with Crippen LogP contribution >= 0.6 is 12.4 Å². The molecule has 0 spiro atoms. The van der Waals surface area contributed by atoms with Crippen LogP contribution in [0.15, 0.2) is 0 Å². The molecular formula is C12H25ClN2O. The first kappa shape index (κ1) is 14.2. The van der Waals surface area contributed by atoms with Crippen LogP contribution in [0.1, 0.15) is 32.6 Å². The van der Waals surface area contributed by atoms with E-state index in [1.165, 1.54) is 32.5 Å². The minimum Gasteiger partial charge on any atom is -0.381 e. The summed E-state index contributed by atoms with van der Waals surface area (Å²) in [7, 11) is 0. The summed E-state index contributed by atoms with van der Waals surface area (Å²) in [4.78, 5) is 0. The third kappa shape index (κ3) is 4.21. The summed E-state index contributed by atoms with van der Waals surface area (Å²) in [6.45, 7) is 7.76. The standard InChI is InChI=1S/C12H24N2O.ClH/c1-12(4-7-15-8-5-12)14-10-11-3-2-6-13-9-11;/h11,13-14H,2-10H2,1H3;1H. The van der Waals surface area contributed by atoms with Crippen molar-refractivity contribution in [3.05, 3.63) is 0 Å². The fraction of sp³-hybridized carbons (Fsp3) is 1.00. The highest BCUT2D eigenvalue weighted by molar-refractivity contribution is 5.85. The number of hydrogen-bond acceptors (Lipinski definition) is 3. The molecule has 0 aromatic heterocycles. The van der Waals surface area contributed by atoms with E-state index in [1.54, 1.807) is 0 Å². The normalized spacial score (nSPS) is 29.4. The van der Waals surface area contributed by atoms with Crippen LogP contribution in [-0.4, -0.2) is 38.4 Å². The van der Waals surface area contributed by atoms with Crippen LogP contribution in [0.4, 0.5) is 0 Å². The Morgan fingerprint density at radius 1 is 1.38 bits per heavy atom. The molecule has 2 aliphatic heterocycles. The largest absolute Gasteiger partial charge is 0.381 e. The van der Waals surface area contributed by atoms with Gasteiger partial charge in [-0.1, -0.05) is 0 Å². The van der Waals surface area contributed by atoms with Crippen LogP contribution < -0.4 is 10.6 Å². The van der Waals surface area contributed by atoms with Gasteiger partial charge in [0.15, 0.2) is 0 Å². The maximum absolute atomic E-state index is 5.40. The first-order valence-corrected chi connectivity index (χ1v) is 6.32. The SMILES string of the molecule is CC1(NCC2CCCNC2)CCOCC1.Cl. The Morgan fingerprint density at radius 3 is 2.75 bits per heavy atom. The van der Waals surface area contributed by atoms with Crippen molar-refractivity contribution >= 4 is 12.4 Å². The van der Waals surface area contributed by atoms with Crippen molar-refractivity contribution in [2.45, 2.75) is 38.1 Å². The van der Waals surface area contributed by atoms with E-state index in [4.69, 9.17) is 4.74 Å². The van der Waals surface area contributed by atoms with E-state index in [2.05, 4.69) is 17.6 Å². The van der Waals surface area contributed by atoms with Gasteiger partial charge in [-0.25, -0.2) is 0 Å². The molecule has 2 heterocycles. The molecule has 0 saturated carbocycles. The van der Waals surface area contributed by atoms with Crippen LogP contribution in [0, 0.1) is 5.92 Å². The predicted molar refractivity (Wildman–Crippen MR) is 69.3 cm³/mol. The van der Waals surface area contributed by atoms with Crippen molar-refractivity contribution in [3.63, 3.8) is 0 Å². The third-order valence-corrected chi connectivity index (χ3v) is 3.81. The number of hydrogen-bond donors (Lipinski definition) is 2. The molecule has 96 valence electrons. The molecule has 3 nitrogen and oxygen atoms in total. The van der Waals surface area contributed by atoms with Gasteiger partial charge in [0.05, 0.1) is 0 Å². The van der Waals surface area contributed by atoms with Gasteiger partial charge < -0.3 is 15.4 Å². The molecule has 2 aliphatic rings. The van der Waals surface area contributed by atoms with Crippen LogP contribution in [0.3, 0.4) is 0 Å². The number of nitrogens with one attached hydrogen (secondary N) is 2. The molecule has 4 heteroatoms.